The summed E-state index contributed by atoms with van der Waals surface area (Å²) in [7, 11) is 0. The molecule has 0 bridgehead atoms. The number of hydrogen-bond acceptors (Lipinski definition) is 6. The number of halogens is 3. The molecule has 1 aliphatic rings. The number of benzene rings is 1. The highest BCUT2D eigenvalue weighted by molar-refractivity contribution is 5.23. The topological polar surface area (TPSA) is 92.0 Å². The fourth-order valence-corrected chi connectivity index (χ4v) is 2.91. The third-order valence-electron chi connectivity index (χ3n) is 4.27. The minimum atomic E-state index is -4.65. The van der Waals surface area contributed by atoms with Crippen LogP contribution in [0.4, 0.5) is 13.2 Å². The minimum absolute atomic E-state index is 0.368. The van der Waals surface area contributed by atoms with Crippen molar-refractivity contribution in [2.45, 2.75) is 36.7 Å². The maximum Gasteiger partial charge on any atom is 0.433 e. The Morgan fingerprint density at radius 1 is 1.00 bits per heavy atom. The predicted octanol–water partition coefficient (Wildman–Crippen LogP) is 1.70. The van der Waals surface area contributed by atoms with Crippen molar-refractivity contribution in [3.05, 3.63) is 59.8 Å². The molecule has 0 unspecified atom stereocenters. The Hall–Kier alpha value is -2.20. The first-order valence-electron chi connectivity index (χ1n) is 8.19. The van der Waals surface area contributed by atoms with Crippen LogP contribution in [-0.2, 0) is 10.9 Å². The second-order valence-corrected chi connectivity index (χ2v) is 6.11. The van der Waals surface area contributed by atoms with Gasteiger partial charge in [0.05, 0.1) is 6.61 Å². The van der Waals surface area contributed by atoms with Crippen LogP contribution in [0.3, 0.4) is 0 Å². The molecule has 1 saturated heterocycles. The van der Waals surface area contributed by atoms with E-state index in [0.29, 0.717) is 5.56 Å². The molecule has 146 valence electrons. The molecule has 3 rings (SSSR count). The third kappa shape index (κ3) is 4.22. The van der Waals surface area contributed by atoms with Crippen molar-refractivity contribution in [2.75, 3.05) is 6.61 Å². The smallest absolute Gasteiger partial charge is 0.433 e. The molecule has 5 atom stereocenters. The van der Waals surface area contributed by atoms with E-state index >= 15 is 0 Å². The molecule has 1 aromatic carbocycles. The Balaban J connectivity index is 1.92. The van der Waals surface area contributed by atoms with Crippen LogP contribution in [0.25, 0.3) is 0 Å². The first-order valence-corrected chi connectivity index (χ1v) is 8.19. The van der Waals surface area contributed by atoms with Gasteiger partial charge in [-0.25, -0.2) is 4.98 Å². The third-order valence-corrected chi connectivity index (χ3v) is 4.27. The Morgan fingerprint density at radius 2 is 1.70 bits per heavy atom. The molecule has 9 heteroatoms. The van der Waals surface area contributed by atoms with Gasteiger partial charge in [-0.05, 0) is 11.6 Å². The molecule has 0 spiro atoms. The van der Waals surface area contributed by atoms with Gasteiger partial charge in [0.15, 0.2) is 6.10 Å². The zero-order valence-electron chi connectivity index (χ0n) is 14.0. The van der Waals surface area contributed by atoms with Crippen LogP contribution in [0.2, 0.25) is 0 Å². The van der Waals surface area contributed by atoms with Crippen molar-refractivity contribution >= 4 is 0 Å². The summed E-state index contributed by atoms with van der Waals surface area (Å²) in [4.78, 5) is 3.42. The van der Waals surface area contributed by atoms with Gasteiger partial charge in [0.1, 0.15) is 30.1 Å². The van der Waals surface area contributed by atoms with Gasteiger partial charge in [0.25, 0.3) is 0 Å². The van der Waals surface area contributed by atoms with E-state index in [1.54, 1.807) is 30.3 Å². The molecule has 6 nitrogen and oxygen atoms in total. The summed E-state index contributed by atoms with van der Waals surface area (Å²) in [5.74, 6) is -0.368. The number of aliphatic hydroxyl groups excluding tert-OH is 3. The highest BCUT2D eigenvalue weighted by atomic mass is 19.4. The minimum Gasteiger partial charge on any atom is -0.468 e. The first-order chi connectivity index (χ1) is 12.8. The van der Waals surface area contributed by atoms with Crippen molar-refractivity contribution < 1.29 is 38.0 Å². The maximum atomic E-state index is 12.9. The summed E-state index contributed by atoms with van der Waals surface area (Å²) >= 11 is 0. The molecule has 0 saturated carbocycles. The summed E-state index contributed by atoms with van der Waals surface area (Å²) in [6.07, 6.45) is -10.9. The van der Waals surface area contributed by atoms with Gasteiger partial charge < -0.3 is 24.8 Å². The lowest BCUT2D eigenvalue weighted by molar-refractivity contribution is -0.226. The Morgan fingerprint density at radius 3 is 2.33 bits per heavy atom. The van der Waals surface area contributed by atoms with Gasteiger partial charge >= 0.3 is 6.18 Å². The molecule has 0 radical (unpaired) electrons. The predicted molar refractivity (Wildman–Crippen MR) is 86.8 cm³/mol. The van der Waals surface area contributed by atoms with E-state index in [2.05, 4.69) is 4.98 Å². The molecule has 27 heavy (non-hydrogen) atoms. The molecular weight excluding hydrogens is 367 g/mol. The molecule has 1 aromatic heterocycles. The molecule has 0 aliphatic carbocycles. The largest absolute Gasteiger partial charge is 0.468 e. The summed E-state index contributed by atoms with van der Waals surface area (Å²) in [6, 6.07) is 11.7. The highest BCUT2D eigenvalue weighted by Crippen LogP contribution is 2.35. The SMILES string of the molecule is OC[C@H]1O[C@H](c2ccccc2)[C@H](Oc2cccc(C(F)(F)F)n2)[C@@H](O)[C@H]1O. The van der Waals surface area contributed by atoms with Crippen LogP contribution in [0.15, 0.2) is 48.5 Å². The van der Waals surface area contributed by atoms with Crippen LogP contribution in [-0.4, -0.2) is 51.3 Å². The number of ether oxygens (including phenoxy) is 2. The van der Waals surface area contributed by atoms with E-state index in [1.165, 1.54) is 6.07 Å². The Kier molecular flexibility index (Phi) is 5.66. The first kappa shape index (κ1) is 19.6. The molecule has 0 amide bonds. The van der Waals surface area contributed by atoms with Crippen LogP contribution in [0.5, 0.6) is 5.88 Å². The monoisotopic (exact) mass is 385 g/mol. The van der Waals surface area contributed by atoms with Gasteiger partial charge in [-0.1, -0.05) is 36.4 Å². The van der Waals surface area contributed by atoms with Crippen molar-refractivity contribution in [3.63, 3.8) is 0 Å². The zero-order chi connectivity index (χ0) is 19.6. The van der Waals surface area contributed by atoms with Gasteiger partial charge in [0, 0.05) is 6.07 Å². The molecule has 2 heterocycles. The highest BCUT2D eigenvalue weighted by Gasteiger charge is 2.46. The average Bonchev–Trinajstić information content (AvgIpc) is 2.66. The Labute approximate surface area is 152 Å². The summed E-state index contributed by atoms with van der Waals surface area (Å²) < 4.78 is 49.7. The van der Waals surface area contributed by atoms with Crippen molar-refractivity contribution in [1.29, 1.82) is 0 Å². The van der Waals surface area contributed by atoms with Crippen molar-refractivity contribution in [3.8, 4) is 5.88 Å². The van der Waals surface area contributed by atoms with E-state index in [9.17, 15) is 28.5 Å². The standard InChI is InChI=1S/C18H18F3NO5/c19-18(20,21)12-7-4-8-13(22-12)27-17-15(25)14(24)11(9-23)26-16(17)10-5-2-1-3-6-10/h1-8,11,14-17,23-25H,9H2/t11-,14+,15+,16-,17-/m1/s1. The second kappa shape index (κ2) is 7.81. The van der Waals surface area contributed by atoms with Crippen molar-refractivity contribution in [1.82, 2.24) is 4.98 Å². The number of aromatic nitrogens is 1. The quantitative estimate of drug-likeness (QED) is 0.742. The van der Waals surface area contributed by atoms with Gasteiger partial charge in [0.2, 0.25) is 5.88 Å². The molecule has 1 fully saturated rings. The molecule has 1 aliphatic heterocycles. The molecule has 2 aromatic rings. The van der Waals surface area contributed by atoms with Crippen LogP contribution >= 0.6 is 0 Å². The van der Waals surface area contributed by atoms with Gasteiger partial charge in [-0.2, -0.15) is 13.2 Å². The fourth-order valence-electron chi connectivity index (χ4n) is 2.91. The number of pyridine rings is 1. The van der Waals surface area contributed by atoms with Crippen LogP contribution in [0.1, 0.15) is 17.4 Å². The Bertz CT molecular complexity index is 758. The van der Waals surface area contributed by atoms with Gasteiger partial charge in [-0.15, -0.1) is 0 Å². The number of rotatable bonds is 4. The van der Waals surface area contributed by atoms with E-state index < -0.39 is 49.0 Å². The van der Waals surface area contributed by atoms with Gasteiger partial charge in [-0.3, -0.25) is 0 Å². The lowest BCUT2D eigenvalue weighted by Gasteiger charge is -2.42. The lowest BCUT2D eigenvalue weighted by atomic mass is 9.91. The van der Waals surface area contributed by atoms with E-state index in [4.69, 9.17) is 9.47 Å². The van der Waals surface area contributed by atoms with Crippen LogP contribution in [0, 0.1) is 0 Å². The number of alkyl halides is 3. The number of nitrogens with zero attached hydrogens (tertiary/aromatic N) is 1. The molecular formula is C18H18F3NO5. The average molecular weight is 385 g/mol. The fraction of sp³-hybridized carbons (Fsp3) is 0.389. The summed E-state index contributed by atoms with van der Waals surface area (Å²) in [6.45, 7) is -0.546. The zero-order valence-corrected chi connectivity index (χ0v) is 14.0. The van der Waals surface area contributed by atoms with E-state index in [-0.39, 0.29) is 5.88 Å². The van der Waals surface area contributed by atoms with E-state index in [0.717, 1.165) is 12.1 Å². The van der Waals surface area contributed by atoms with E-state index in [1.807, 2.05) is 0 Å². The lowest BCUT2D eigenvalue weighted by Crippen LogP contribution is -2.57. The summed E-state index contributed by atoms with van der Waals surface area (Å²) in [5.41, 5.74) is -0.574. The second-order valence-electron chi connectivity index (χ2n) is 6.11. The number of hydrogen-bond donors (Lipinski definition) is 3. The van der Waals surface area contributed by atoms with Crippen LogP contribution < -0.4 is 4.74 Å². The normalized spacial score (nSPS) is 28.7. The van der Waals surface area contributed by atoms with Crippen molar-refractivity contribution in [2.24, 2.45) is 0 Å². The summed E-state index contributed by atoms with van der Waals surface area (Å²) in [5, 5.41) is 29.9. The maximum absolute atomic E-state index is 12.9. The molecule has 3 N–H and O–H groups in total. The number of aliphatic hydroxyl groups is 3.